The van der Waals surface area contributed by atoms with Crippen LogP contribution in [0.25, 0.3) is 16.9 Å². The van der Waals surface area contributed by atoms with Gasteiger partial charge in [-0.3, -0.25) is 0 Å². The van der Waals surface area contributed by atoms with E-state index in [2.05, 4.69) is 17.7 Å². The van der Waals surface area contributed by atoms with Gasteiger partial charge in [-0.25, -0.2) is 4.68 Å². The molecule has 0 fully saturated rings. The van der Waals surface area contributed by atoms with Crippen LogP contribution < -0.4 is 0 Å². The van der Waals surface area contributed by atoms with Crippen LogP contribution in [-0.2, 0) is 6.18 Å². The summed E-state index contributed by atoms with van der Waals surface area (Å²) in [6.07, 6.45) is -4.48. The molecule has 2 aromatic carbocycles. The van der Waals surface area contributed by atoms with Gasteiger partial charge in [0.2, 0.25) is 0 Å². The molecule has 1 aromatic heterocycles. The van der Waals surface area contributed by atoms with Crippen molar-refractivity contribution in [3.05, 3.63) is 66.4 Å². The molecular weight excluding hydrogens is 309 g/mol. The third-order valence-electron chi connectivity index (χ3n) is 3.16. The molecule has 0 bridgehead atoms. The fourth-order valence-corrected chi connectivity index (χ4v) is 2.27. The second-order valence-corrected chi connectivity index (χ2v) is 5.22. The monoisotopic (exact) mass is 320 g/mol. The number of hydrogen-bond acceptors (Lipinski definition) is 2. The van der Waals surface area contributed by atoms with Crippen molar-refractivity contribution < 1.29 is 13.2 Å². The number of halogens is 3. The first-order valence-electron chi connectivity index (χ1n) is 6.47. The van der Waals surface area contributed by atoms with Gasteiger partial charge in [-0.1, -0.05) is 30.3 Å². The molecule has 1 heterocycles. The van der Waals surface area contributed by atoms with Gasteiger partial charge in [-0.2, -0.15) is 18.3 Å². The molecule has 0 spiro atoms. The molecule has 3 rings (SSSR count). The molecule has 6 heteroatoms. The lowest BCUT2D eigenvalue weighted by atomic mass is 10.1. The minimum absolute atomic E-state index is 0.268. The van der Waals surface area contributed by atoms with Crippen LogP contribution in [0.4, 0.5) is 13.2 Å². The fraction of sp³-hybridized carbons (Fsp3) is 0.0625. The molecule has 0 aliphatic rings. The zero-order valence-electron chi connectivity index (χ0n) is 11.2. The number of alkyl halides is 3. The molecule has 0 aliphatic carbocycles. The van der Waals surface area contributed by atoms with Crippen LogP contribution in [0.1, 0.15) is 5.69 Å². The van der Waals surface area contributed by atoms with Gasteiger partial charge in [0.15, 0.2) is 0 Å². The Kier molecular flexibility index (Phi) is 3.70. The maximum atomic E-state index is 13.3. The van der Waals surface area contributed by atoms with Crippen molar-refractivity contribution in [3.8, 4) is 16.9 Å². The molecule has 0 aliphatic heterocycles. The fourth-order valence-electron chi connectivity index (χ4n) is 2.12. The Morgan fingerprint density at radius 3 is 2.14 bits per heavy atom. The summed E-state index contributed by atoms with van der Waals surface area (Å²) < 4.78 is 40.7. The molecule has 0 unspecified atom stereocenters. The molecule has 0 N–H and O–H groups in total. The van der Waals surface area contributed by atoms with Gasteiger partial charge in [0.25, 0.3) is 0 Å². The Morgan fingerprint density at radius 1 is 0.909 bits per heavy atom. The lowest BCUT2D eigenvalue weighted by molar-refractivity contribution is -0.142. The highest BCUT2D eigenvalue weighted by molar-refractivity contribution is 7.80. The molecule has 0 saturated heterocycles. The van der Waals surface area contributed by atoms with Crippen molar-refractivity contribution in [2.75, 3.05) is 0 Å². The van der Waals surface area contributed by atoms with Crippen LogP contribution >= 0.6 is 12.6 Å². The van der Waals surface area contributed by atoms with E-state index in [1.54, 1.807) is 54.6 Å². The van der Waals surface area contributed by atoms with E-state index in [0.717, 1.165) is 15.6 Å². The highest BCUT2D eigenvalue weighted by Gasteiger charge is 2.36. The lowest BCUT2D eigenvalue weighted by Gasteiger charge is -2.09. The molecule has 0 amide bonds. The van der Waals surface area contributed by atoms with E-state index in [9.17, 15) is 13.2 Å². The molecule has 3 aromatic rings. The summed E-state index contributed by atoms with van der Waals surface area (Å²) in [6.45, 7) is 0. The molecule has 2 nitrogen and oxygen atoms in total. The number of nitrogens with zero attached hydrogens (tertiary/aromatic N) is 2. The number of hydrogen-bond donors (Lipinski definition) is 1. The number of thiol groups is 1. The van der Waals surface area contributed by atoms with Crippen molar-refractivity contribution in [1.82, 2.24) is 9.78 Å². The van der Waals surface area contributed by atoms with Gasteiger partial charge in [-0.05, 0) is 30.3 Å². The van der Waals surface area contributed by atoms with Gasteiger partial charge in [0, 0.05) is 10.5 Å². The molecule has 0 radical (unpaired) electrons. The highest BCUT2D eigenvalue weighted by Crippen LogP contribution is 2.34. The second-order valence-electron chi connectivity index (χ2n) is 4.71. The van der Waals surface area contributed by atoms with E-state index in [0.29, 0.717) is 11.3 Å². The van der Waals surface area contributed by atoms with Crippen molar-refractivity contribution in [3.63, 3.8) is 0 Å². The van der Waals surface area contributed by atoms with Gasteiger partial charge < -0.3 is 0 Å². The Hall–Kier alpha value is -2.21. The predicted molar refractivity (Wildman–Crippen MR) is 81.3 cm³/mol. The van der Waals surface area contributed by atoms with Crippen LogP contribution in [0.3, 0.4) is 0 Å². The SMILES string of the molecule is FC(F)(F)c1cc(-c2ccc(S)cc2)nn1-c1ccccc1. The quantitative estimate of drug-likeness (QED) is 0.669. The molecular formula is C16H11F3N2S. The van der Waals surface area contributed by atoms with E-state index in [1.807, 2.05) is 0 Å². The lowest BCUT2D eigenvalue weighted by Crippen LogP contribution is -2.13. The zero-order chi connectivity index (χ0) is 15.7. The average molecular weight is 320 g/mol. The summed E-state index contributed by atoms with van der Waals surface area (Å²) in [5.41, 5.74) is 0.443. The molecule has 0 saturated carbocycles. The third-order valence-corrected chi connectivity index (χ3v) is 3.46. The first-order chi connectivity index (χ1) is 10.4. The van der Waals surface area contributed by atoms with E-state index in [4.69, 9.17) is 0 Å². The third kappa shape index (κ3) is 2.87. The first kappa shape index (κ1) is 14.7. The topological polar surface area (TPSA) is 17.8 Å². The van der Waals surface area contributed by atoms with Gasteiger partial charge in [0.1, 0.15) is 5.69 Å². The number of aromatic nitrogens is 2. The number of rotatable bonds is 2. The van der Waals surface area contributed by atoms with Crippen LogP contribution in [-0.4, -0.2) is 9.78 Å². The Morgan fingerprint density at radius 2 is 1.55 bits per heavy atom. The average Bonchev–Trinajstić information content (AvgIpc) is 2.94. The van der Waals surface area contributed by atoms with Crippen LogP contribution in [0.15, 0.2) is 65.6 Å². The van der Waals surface area contributed by atoms with E-state index >= 15 is 0 Å². The van der Waals surface area contributed by atoms with E-state index in [-0.39, 0.29) is 5.69 Å². The molecule has 22 heavy (non-hydrogen) atoms. The summed E-state index contributed by atoms with van der Waals surface area (Å²) in [6, 6.07) is 16.1. The first-order valence-corrected chi connectivity index (χ1v) is 6.92. The van der Waals surface area contributed by atoms with Crippen molar-refractivity contribution >= 4 is 12.6 Å². The molecule has 112 valence electrons. The van der Waals surface area contributed by atoms with Gasteiger partial charge in [-0.15, -0.1) is 12.6 Å². The Balaban J connectivity index is 2.15. The van der Waals surface area contributed by atoms with E-state index in [1.165, 1.54) is 0 Å². The van der Waals surface area contributed by atoms with Crippen molar-refractivity contribution in [2.45, 2.75) is 11.1 Å². The Bertz CT molecular complexity index is 777. The second kappa shape index (κ2) is 5.53. The van der Waals surface area contributed by atoms with Crippen LogP contribution in [0.2, 0.25) is 0 Å². The summed E-state index contributed by atoms with van der Waals surface area (Å²) in [4.78, 5) is 0.738. The minimum atomic E-state index is -4.48. The summed E-state index contributed by atoms with van der Waals surface area (Å²) >= 11 is 4.17. The maximum Gasteiger partial charge on any atom is 0.433 e. The van der Waals surface area contributed by atoms with Gasteiger partial charge in [0.05, 0.1) is 11.4 Å². The Labute approximate surface area is 130 Å². The predicted octanol–water partition coefficient (Wildman–Crippen LogP) is 4.85. The summed E-state index contributed by atoms with van der Waals surface area (Å²) in [7, 11) is 0. The highest BCUT2D eigenvalue weighted by atomic mass is 32.1. The van der Waals surface area contributed by atoms with Gasteiger partial charge >= 0.3 is 6.18 Å². The van der Waals surface area contributed by atoms with Crippen molar-refractivity contribution in [1.29, 1.82) is 0 Å². The normalized spacial score (nSPS) is 11.6. The summed E-state index contributed by atoms with van der Waals surface area (Å²) in [5.74, 6) is 0. The largest absolute Gasteiger partial charge is 0.433 e. The smallest absolute Gasteiger partial charge is 0.228 e. The number of para-hydroxylation sites is 1. The minimum Gasteiger partial charge on any atom is -0.228 e. The zero-order valence-corrected chi connectivity index (χ0v) is 12.1. The van der Waals surface area contributed by atoms with Crippen LogP contribution in [0, 0.1) is 0 Å². The summed E-state index contributed by atoms with van der Waals surface area (Å²) in [5, 5.41) is 4.12. The number of benzene rings is 2. The van der Waals surface area contributed by atoms with E-state index < -0.39 is 11.9 Å². The van der Waals surface area contributed by atoms with Crippen molar-refractivity contribution in [2.24, 2.45) is 0 Å². The molecule has 0 atom stereocenters. The van der Waals surface area contributed by atoms with Crippen LogP contribution in [0.5, 0.6) is 0 Å². The maximum absolute atomic E-state index is 13.3. The standard InChI is InChI=1S/C16H11F3N2S/c17-16(18,19)15-10-14(11-6-8-13(22)9-7-11)20-21(15)12-4-2-1-3-5-12/h1-10,22H.